The number of nitrogens with one attached hydrogen (secondary N) is 2. The number of amides is 2. The van der Waals surface area contributed by atoms with Crippen molar-refractivity contribution in [2.75, 3.05) is 38.8 Å². The molecular formula is C16H25N3O3. The Labute approximate surface area is 131 Å². The summed E-state index contributed by atoms with van der Waals surface area (Å²) in [6.45, 7) is 1.56. The van der Waals surface area contributed by atoms with Gasteiger partial charge in [0.2, 0.25) is 0 Å². The average molecular weight is 307 g/mol. The summed E-state index contributed by atoms with van der Waals surface area (Å²) in [6.07, 6.45) is 0.959. The first-order valence-corrected chi connectivity index (χ1v) is 7.63. The smallest absolute Gasteiger partial charge is 0.315 e. The first-order chi connectivity index (χ1) is 10.6. The lowest BCUT2D eigenvalue weighted by Gasteiger charge is -2.23. The number of ether oxygens (including phenoxy) is 1. The Morgan fingerprint density at radius 3 is 2.55 bits per heavy atom. The van der Waals surface area contributed by atoms with Gasteiger partial charge in [-0.25, -0.2) is 4.79 Å². The molecule has 22 heavy (non-hydrogen) atoms. The monoisotopic (exact) mass is 307 g/mol. The third-order valence-corrected chi connectivity index (χ3v) is 3.81. The van der Waals surface area contributed by atoms with E-state index in [1.807, 2.05) is 43.3 Å². The van der Waals surface area contributed by atoms with E-state index in [9.17, 15) is 9.90 Å². The fourth-order valence-electron chi connectivity index (χ4n) is 2.38. The highest BCUT2D eigenvalue weighted by Crippen LogP contribution is 2.17. The average Bonchev–Trinajstić information content (AvgIpc) is 2.53. The van der Waals surface area contributed by atoms with Crippen LogP contribution in [0.25, 0.3) is 0 Å². The van der Waals surface area contributed by atoms with E-state index in [0.717, 1.165) is 24.1 Å². The van der Waals surface area contributed by atoms with E-state index < -0.39 is 6.10 Å². The largest absolute Gasteiger partial charge is 0.387 e. The Kier molecular flexibility index (Phi) is 6.03. The van der Waals surface area contributed by atoms with Crippen LogP contribution in [0, 0.1) is 0 Å². The van der Waals surface area contributed by atoms with Crippen molar-refractivity contribution >= 4 is 11.7 Å². The predicted molar refractivity (Wildman–Crippen MR) is 86.1 cm³/mol. The summed E-state index contributed by atoms with van der Waals surface area (Å²) in [5.74, 6) is 0. The fraction of sp³-hybridized carbons (Fsp3) is 0.562. The Bertz CT molecular complexity index is 470. The fourth-order valence-corrected chi connectivity index (χ4v) is 2.38. The van der Waals surface area contributed by atoms with Gasteiger partial charge < -0.3 is 25.4 Å². The third-order valence-electron chi connectivity index (χ3n) is 3.81. The summed E-state index contributed by atoms with van der Waals surface area (Å²) in [5.41, 5.74) is 1.86. The first-order valence-electron chi connectivity index (χ1n) is 7.63. The van der Waals surface area contributed by atoms with Crippen molar-refractivity contribution in [3.8, 4) is 0 Å². The zero-order valence-electron chi connectivity index (χ0n) is 13.2. The lowest BCUT2D eigenvalue weighted by Crippen LogP contribution is -2.45. The van der Waals surface area contributed by atoms with Crippen molar-refractivity contribution in [2.24, 2.45) is 0 Å². The number of hydrogen-bond acceptors (Lipinski definition) is 4. The van der Waals surface area contributed by atoms with Gasteiger partial charge in [-0.05, 0) is 30.5 Å². The van der Waals surface area contributed by atoms with Crippen LogP contribution in [0.15, 0.2) is 24.3 Å². The van der Waals surface area contributed by atoms with E-state index in [1.165, 1.54) is 0 Å². The second kappa shape index (κ2) is 8.00. The van der Waals surface area contributed by atoms with Crippen LogP contribution in [0.1, 0.15) is 24.5 Å². The summed E-state index contributed by atoms with van der Waals surface area (Å²) in [4.78, 5) is 13.8. The topological polar surface area (TPSA) is 73.8 Å². The molecule has 1 unspecified atom stereocenters. The van der Waals surface area contributed by atoms with Crippen LogP contribution >= 0.6 is 0 Å². The second-order valence-electron chi connectivity index (χ2n) is 5.74. The van der Waals surface area contributed by atoms with Gasteiger partial charge in [-0.15, -0.1) is 0 Å². The second-order valence-corrected chi connectivity index (χ2v) is 5.74. The molecule has 0 aliphatic carbocycles. The maximum atomic E-state index is 11.8. The minimum atomic E-state index is -0.711. The minimum absolute atomic E-state index is 0.158. The molecule has 1 fully saturated rings. The summed E-state index contributed by atoms with van der Waals surface area (Å²) >= 11 is 0. The maximum absolute atomic E-state index is 11.8. The number of aliphatic hydroxyl groups is 1. The van der Waals surface area contributed by atoms with Gasteiger partial charge in [0.1, 0.15) is 0 Å². The van der Waals surface area contributed by atoms with Gasteiger partial charge in [0.25, 0.3) is 0 Å². The van der Waals surface area contributed by atoms with Crippen LogP contribution in [0.5, 0.6) is 0 Å². The maximum Gasteiger partial charge on any atom is 0.315 e. The zero-order valence-corrected chi connectivity index (χ0v) is 13.2. The van der Waals surface area contributed by atoms with E-state index >= 15 is 0 Å². The van der Waals surface area contributed by atoms with Crippen LogP contribution in [-0.2, 0) is 4.74 Å². The van der Waals surface area contributed by atoms with Crippen molar-refractivity contribution in [1.82, 2.24) is 10.6 Å². The molecule has 6 nitrogen and oxygen atoms in total. The summed E-state index contributed by atoms with van der Waals surface area (Å²) in [5, 5.41) is 15.7. The molecule has 1 aromatic rings. The van der Waals surface area contributed by atoms with Crippen LogP contribution in [0.2, 0.25) is 0 Å². The molecule has 1 aliphatic rings. The minimum Gasteiger partial charge on any atom is -0.387 e. The zero-order chi connectivity index (χ0) is 15.9. The lowest BCUT2D eigenvalue weighted by atomic mass is 10.1. The number of benzene rings is 1. The Balaban J connectivity index is 1.76. The summed E-state index contributed by atoms with van der Waals surface area (Å²) in [7, 11) is 3.93. The normalized spacial score (nSPS) is 16.9. The standard InChI is InChI=1S/C16H25N3O3/c1-19(2)14-5-3-12(4-6-14)15(20)11-17-16(21)18-13-7-9-22-10-8-13/h3-6,13,15,20H,7-11H2,1-2H3,(H2,17,18,21). The number of aliphatic hydroxyl groups excluding tert-OH is 1. The van der Waals surface area contributed by atoms with Gasteiger partial charge in [-0.3, -0.25) is 0 Å². The number of urea groups is 1. The first kappa shape index (κ1) is 16.6. The molecule has 6 heteroatoms. The molecule has 0 radical (unpaired) electrons. The van der Waals surface area contributed by atoms with E-state index in [1.54, 1.807) is 0 Å². The van der Waals surface area contributed by atoms with Crippen LogP contribution < -0.4 is 15.5 Å². The predicted octanol–water partition coefficient (Wildman–Crippen LogP) is 1.26. The van der Waals surface area contributed by atoms with E-state index in [0.29, 0.717) is 13.2 Å². The number of nitrogens with zero attached hydrogens (tertiary/aromatic N) is 1. The molecule has 3 N–H and O–H groups in total. The molecular weight excluding hydrogens is 282 g/mol. The van der Waals surface area contributed by atoms with Crippen molar-refractivity contribution < 1.29 is 14.6 Å². The van der Waals surface area contributed by atoms with Gasteiger partial charge in [-0.1, -0.05) is 12.1 Å². The molecule has 1 heterocycles. The highest BCUT2D eigenvalue weighted by molar-refractivity contribution is 5.74. The number of carbonyl (C=O) groups excluding carboxylic acids is 1. The van der Waals surface area contributed by atoms with Gasteiger partial charge in [0, 0.05) is 45.6 Å². The van der Waals surface area contributed by atoms with Crippen molar-refractivity contribution in [3.05, 3.63) is 29.8 Å². The van der Waals surface area contributed by atoms with E-state index in [4.69, 9.17) is 4.74 Å². The molecule has 1 aliphatic heterocycles. The van der Waals surface area contributed by atoms with Crippen molar-refractivity contribution in [2.45, 2.75) is 25.0 Å². The van der Waals surface area contributed by atoms with Gasteiger partial charge in [-0.2, -0.15) is 0 Å². The number of hydrogen-bond donors (Lipinski definition) is 3. The molecule has 2 rings (SSSR count). The highest BCUT2D eigenvalue weighted by Gasteiger charge is 2.16. The van der Waals surface area contributed by atoms with Gasteiger partial charge in [0.05, 0.1) is 6.10 Å². The molecule has 122 valence electrons. The molecule has 1 aromatic carbocycles. The Hall–Kier alpha value is -1.79. The van der Waals surface area contributed by atoms with Gasteiger partial charge in [0.15, 0.2) is 0 Å². The molecule has 0 saturated carbocycles. The summed E-state index contributed by atoms with van der Waals surface area (Å²) in [6, 6.07) is 7.55. The Morgan fingerprint density at radius 2 is 1.95 bits per heavy atom. The van der Waals surface area contributed by atoms with Crippen LogP contribution in [0.4, 0.5) is 10.5 Å². The van der Waals surface area contributed by atoms with Crippen molar-refractivity contribution in [3.63, 3.8) is 0 Å². The Morgan fingerprint density at radius 1 is 1.32 bits per heavy atom. The summed E-state index contributed by atoms with van der Waals surface area (Å²) < 4.78 is 5.25. The van der Waals surface area contributed by atoms with E-state index in [2.05, 4.69) is 10.6 Å². The van der Waals surface area contributed by atoms with Crippen LogP contribution in [-0.4, -0.2) is 51.0 Å². The van der Waals surface area contributed by atoms with Crippen LogP contribution in [0.3, 0.4) is 0 Å². The molecule has 1 atom stereocenters. The molecule has 0 spiro atoms. The van der Waals surface area contributed by atoms with Crippen molar-refractivity contribution in [1.29, 1.82) is 0 Å². The van der Waals surface area contributed by atoms with E-state index in [-0.39, 0.29) is 18.6 Å². The SMILES string of the molecule is CN(C)c1ccc(C(O)CNC(=O)NC2CCOCC2)cc1. The molecule has 0 bridgehead atoms. The number of anilines is 1. The highest BCUT2D eigenvalue weighted by atomic mass is 16.5. The number of carbonyl (C=O) groups is 1. The molecule has 2 amide bonds. The lowest BCUT2D eigenvalue weighted by molar-refractivity contribution is 0.0798. The third kappa shape index (κ3) is 4.89. The molecule has 0 aromatic heterocycles. The van der Waals surface area contributed by atoms with Gasteiger partial charge >= 0.3 is 6.03 Å². The molecule has 1 saturated heterocycles. The quantitative estimate of drug-likeness (QED) is 0.766. The number of rotatable bonds is 5.